The molecule has 0 spiro atoms. The Hall–Kier alpha value is -3.56. The molecule has 2 aromatic carbocycles. The maximum atomic E-state index is 14.6. The molecule has 10 heteroatoms. The van der Waals surface area contributed by atoms with Crippen molar-refractivity contribution in [3.8, 4) is 0 Å². The molecule has 0 saturated carbocycles. The molecule has 178 valence electrons. The molecule has 34 heavy (non-hydrogen) atoms. The number of aromatic amines is 1. The first-order valence-electron chi connectivity index (χ1n) is 10.8. The topological polar surface area (TPSA) is 104 Å². The second kappa shape index (κ2) is 8.34. The van der Waals surface area contributed by atoms with Crippen molar-refractivity contribution >= 4 is 22.3 Å². The van der Waals surface area contributed by atoms with Crippen LogP contribution in [0.1, 0.15) is 54.0 Å². The Morgan fingerprint density at radius 1 is 1.18 bits per heavy atom. The quantitative estimate of drug-likeness (QED) is 0.405. The minimum atomic E-state index is -4.97. The van der Waals surface area contributed by atoms with Gasteiger partial charge >= 0.3 is 6.18 Å². The molecule has 3 aromatic rings. The lowest BCUT2D eigenvalue weighted by molar-refractivity contribution is -0.195. The highest BCUT2D eigenvalue weighted by atomic mass is 19.4. The van der Waals surface area contributed by atoms with E-state index in [1.54, 1.807) is 45.0 Å². The van der Waals surface area contributed by atoms with Gasteiger partial charge in [0.2, 0.25) is 11.1 Å². The summed E-state index contributed by atoms with van der Waals surface area (Å²) < 4.78 is 43.8. The number of H-pyrrole nitrogens is 1. The van der Waals surface area contributed by atoms with Crippen molar-refractivity contribution in [2.45, 2.75) is 57.3 Å². The van der Waals surface area contributed by atoms with E-state index in [2.05, 4.69) is 20.7 Å². The summed E-state index contributed by atoms with van der Waals surface area (Å²) in [6, 6.07) is 7.52. The van der Waals surface area contributed by atoms with Crippen molar-refractivity contribution in [3.63, 3.8) is 0 Å². The molecule has 1 aromatic heterocycles. The van der Waals surface area contributed by atoms with Gasteiger partial charge in [0.25, 0.3) is 0 Å². The molecule has 0 amide bonds. The van der Waals surface area contributed by atoms with Gasteiger partial charge in [-0.05, 0) is 78.2 Å². The Kier molecular flexibility index (Phi) is 5.79. The first-order chi connectivity index (χ1) is 16.1. The van der Waals surface area contributed by atoms with Gasteiger partial charge in [-0.2, -0.15) is 13.2 Å². The highest BCUT2D eigenvalue weighted by Gasteiger charge is 2.65. The van der Waals surface area contributed by atoms with Crippen LogP contribution in [-0.2, 0) is 0 Å². The largest absolute Gasteiger partial charge is 0.419 e. The fraction of sp³-hybridized carbons (Fsp3) is 0.375. The van der Waals surface area contributed by atoms with Crippen LogP contribution in [0.5, 0.6) is 0 Å². The van der Waals surface area contributed by atoms with Crippen LogP contribution < -0.4 is 10.9 Å². The molecule has 0 radical (unpaired) electrons. The molecular formula is C24H23F3N4O3. The first kappa shape index (κ1) is 23.6. The minimum absolute atomic E-state index is 0.109. The normalized spacial score (nSPS) is 22.3. The minimum Gasteiger partial charge on any atom is -0.375 e. The van der Waals surface area contributed by atoms with Gasteiger partial charge in [-0.1, -0.05) is 24.2 Å². The lowest BCUT2D eigenvalue weighted by Gasteiger charge is -2.45. The third-order valence-corrected chi connectivity index (χ3v) is 6.94. The summed E-state index contributed by atoms with van der Waals surface area (Å²) in [6.45, 7) is 5.09. The number of nitrogens with one attached hydrogen (secondary N) is 2. The van der Waals surface area contributed by atoms with Crippen LogP contribution in [0.15, 0.2) is 51.5 Å². The number of anilines is 1. The number of hydrogen-bond acceptors (Lipinski definition) is 6. The van der Waals surface area contributed by atoms with E-state index in [0.29, 0.717) is 27.6 Å². The molecule has 0 saturated heterocycles. The Morgan fingerprint density at radius 3 is 2.53 bits per heavy atom. The number of fused-ring (bicyclic) bond motifs is 2. The molecule has 2 unspecified atom stereocenters. The fourth-order valence-electron chi connectivity index (χ4n) is 5.02. The number of alkyl halides is 3. The summed E-state index contributed by atoms with van der Waals surface area (Å²) in [4.78, 5) is 38.2. The molecule has 1 heterocycles. The highest BCUT2D eigenvalue weighted by molar-refractivity contribution is 5.91. The lowest BCUT2D eigenvalue weighted by atomic mass is 9.66. The maximum Gasteiger partial charge on any atom is 0.419 e. The third-order valence-electron chi connectivity index (χ3n) is 6.94. The fourth-order valence-corrected chi connectivity index (χ4v) is 5.02. The van der Waals surface area contributed by atoms with E-state index in [1.165, 1.54) is 12.1 Å². The summed E-state index contributed by atoms with van der Waals surface area (Å²) in [5.74, 6) is -0.733. The van der Waals surface area contributed by atoms with Crippen LogP contribution in [0.3, 0.4) is 0 Å². The number of rotatable bonds is 5. The smallest absolute Gasteiger partial charge is 0.375 e. The van der Waals surface area contributed by atoms with E-state index < -0.39 is 30.1 Å². The summed E-state index contributed by atoms with van der Waals surface area (Å²) in [7, 11) is 0. The second-order valence-electron chi connectivity index (χ2n) is 8.75. The standard InChI is InChI=1S/C24H23F3N4O3/c1-4-14-11-23(31-34,24(25,26)27)22(16-10-12(2)13(3)21(30-33)20(14)16)29-18-7-5-6-17-15(18)8-9-19(32)28-17/h5-10,14,22,29H,4,11H2,1-3H3,(H,28,32)/t14?,22?,23-/m1/s1. The van der Waals surface area contributed by atoms with Crippen LogP contribution in [0.4, 0.5) is 24.5 Å². The zero-order chi connectivity index (χ0) is 24.8. The van der Waals surface area contributed by atoms with E-state index >= 15 is 0 Å². The number of aromatic nitrogens is 1. The molecule has 2 N–H and O–H groups in total. The van der Waals surface area contributed by atoms with Gasteiger partial charge in [-0.25, -0.2) is 0 Å². The predicted molar refractivity (Wildman–Crippen MR) is 125 cm³/mol. The maximum absolute atomic E-state index is 14.6. The van der Waals surface area contributed by atoms with Crippen molar-refractivity contribution in [1.29, 1.82) is 0 Å². The average Bonchev–Trinajstić information content (AvgIpc) is 2.79. The van der Waals surface area contributed by atoms with Crippen LogP contribution in [-0.4, -0.2) is 16.7 Å². The molecular weight excluding hydrogens is 449 g/mol. The summed E-state index contributed by atoms with van der Waals surface area (Å²) in [5.41, 5.74) is -0.754. The zero-order valence-electron chi connectivity index (χ0n) is 18.8. The highest BCUT2D eigenvalue weighted by Crippen LogP contribution is 2.57. The van der Waals surface area contributed by atoms with Crippen LogP contribution in [0.25, 0.3) is 10.9 Å². The zero-order valence-corrected chi connectivity index (χ0v) is 18.8. The van der Waals surface area contributed by atoms with E-state index in [0.717, 1.165) is 0 Å². The summed E-state index contributed by atoms with van der Waals surface area (Å²) in [6.07, 6.45) is -5.31. The molecule has 1 aliphatic carbocycles. The van der Waals surface area contributed by atoms with E-state index in [4.69, 9.17) is 0 Å². The van der Waals surface area contributed by atoms with Gasteiger partial charge in [0.15, 0.2) is 0 Å². The van der Waals surface area contributed by atoms with E-state index in [1.807, 2.05) is 0 Å². The average molecular weight is 472 g/mol. The summed E-state index contributed by atoms with van der Waals surface area (Å²) in [5, 5.41) is 9.28. The van der Waals surface area contributed by atoms with Crippen molar-refractivity contribution in [2.24, 2.45) is 10.4 Å². The summed E-state index contributed by atoms with van der Waals surface area (Å²) >= 11 is 0. The predicted octanol–water partition coefficient (Wildman–Crippen LogP) is 6.66. The third kappa shape index (κ3) is 3.48. The van der Waals surface area contributed by atoms with Gasteiger partial charge < -0.3 is 10.3 Å². The van der Waals surface area contributed by atoms with Gasteiger partial charge in [0.05, 0.1) is 11.6 Å². The van der Waals surface area contributed by atoms with Crippen LogP contribution in [0, 0.1) is 23.7 Å². The molecule has 0 bridgehead atoms. The second-order valence-corrected chi connectivity index (χ2v) is 8.75. The number of nitrogens with zero attached hydrogens (tertiary/aromatic N) is 2. The molecule has 4 rings (SSSR count). The van der Waals surface area contributed by atoms with Crippen molar-refractivity contribution < 1.29 is 13.2 Å². The van der Waals surface area contributed by atoms with Gasteiger partial charge in [0.1, 0.15) is 5.69 Å². The Labute approximate surface area is 192 Å². The Morgan fingerprint density at radius 2 is 1.91 bits per heavy atom. The molecule has 0 aliphatic heterocycles. The number of aryl methyl sites for hydroxylation is 1. The van der Waals surface area contributed by atoms with Gasteiger partial charge in [0, 0.05) is 17.1 Å². The number of hydrogen-bond donors (Lipinski definition) is 2. The first-order valence-corrected chi connectivity index (χ1v) is 10.8. The SMILES string of the molecule is CCC1C[C@](N=O)(C(F)(F)F)C(Nc2cccc3[nH]c(=O)ccc23)c2cc(C)c(C)c(N=O)c21. The number of pyridine rings is 1. The number of benzene rings is 2. The Balaban J connectivity index is 2.04. The van der Waals surface area contributed by atoms with Crippen molar-refractivity contribution in [3.05, 3.63) is 78.8 Å². The van der Waals surface area contributed by atoms with Crippen LogP contribution in [0.2, 0.25) is 0 Å². The molecule has 0 fully saturated rings. The van der Waals surface area contributed by atoms with E-state index in [-0.39, 0.29) is 28.9 Å². The molecule has 7 nitrogen and oxygen atoms in total. The number of halogens is 3. The van der Waals surface area contributed by atoms with E-state index in [9.17, 15) is 27.8 Å². The molecule has 1 aliphatic rings. The van der Waals surface area contributed by atoms with Crippen LogP contribution >= 0.6 is 0 Å². The van der Waals surface area contributed by atoms with Gasteiger partial charge in [-0.3, -0.25) is 4.79 Å². The number of nitroso groups, excluding NO2 is 2. The lowest BCUT2D eigenvalue weighted by Crippen LogP contribution is -2.54. The van der Waals surface area contributed by atoms with Crippen molar-refractivity contribution in [1.82, 2.24) is 4.98 Å². The molecule has 3 atom stereocenters. The van der Waals surface area contributed by atoms with Crippen molar-refractivity contribution in [2.75, 3.05) is 5.32 Å². The van der Waals surface area contributed by atoms with Gasteiger partial charge in [-0.15, -0.1) is 9.81 Å². The monoisotopic (exact) mass is 472 g/mol. The Bertz CT molecular complexity index is 1350.